The Hall–Kier alpha value is -2.38. The van der Waals surface area contributed by atoms with Crippen LogP contribution in [0.15, 0.2) is 11.1 Å². The Balaban J connectivity index is 4.97. The smallest absolute Gasteiger partial charge is 0.332 e. The standard InChI is InChI=1S/C21H34O8/c1-3-5-7-9-11-28-19(24)13-16(17(21(26)27)15-18(22)23)14-20(25)29-12-10-8-6-4-2/h3-15H2,1-2H3,(H,22,23)(H,26,27). The maximum absolute atomic E-state index is 12.1. The molecule has 0 aliphatic heterocycles. The van der Waals surface area contributed by atoms with Crippen LogP contribution in [0.3, 0.4) is 0 Å². The Morgan fingerprint density at radius 1 is 0.655 bits per heavy atom. The molecule has 0 aromatic carbocycles. The van der Waals surface area contributed by atoms with E-state index in [1.54, 1.807) is 0 Å². The molecule has 0 amide bonds. The highest BCUT2D eigenvalue weighted by atomic mass is 16.5. The summed E-state index contributed by atoms with van der Waals surface area (Å²) in [4.78, 5) is 46.6. The van der Waals surface area contributed by atoms with Gasteiger partial charge in [0.1, 0.15) is 0 Å². The first-order chi connectivity index (χ1) is 13.8. The molecule has 0 rings (SSSR count). The van der Waals surface area contributed by atoms with Gasteiger partial charge in [0, 0.05) is 5.57 Å². The van der Waals surface area contributed by atoms with Gasteiger partial charge in [-0.1, -0.05) is 52.4 Å². The van der Waals surface area contributed by atoms with Gasteiger partial charge in [0.15, 0.2) is 0 Å². The third kappa shape index (κ3) is 14.3. The average Bonchev–Trinajstić information content (AvgIpc) is 2.65. The van der Waals surface area contributed by atoms with Gasteiger partial charge in [-0.2, -0.15) is 0 Å². The van der Waals surface area contributed by atoms with Gasteiger partial charge in [0.2, 0.25) is 0 Å². The van der Waals surface area contributed by atoms with Gasteiger partial charge in [0.05, 0.1) is 32.5 Å². The third-order valence-corrected chi connectivity index (χ3v) is 4.25. The van der Waals surface area contributed by atoms with E-state index in [-0.39, 0.29) is 18.8 Å². The van der Waals surface area contributed by atoms with E-state index in [1.807, 2.05) is 0 Å². The van der Waals surface area contributed by atoms with Crippen LogP contribution < -0.4 is 0 Å². The number of hydrogen-bond acceptors (Lipinski definition) is 6. The first-order valence-corrected chi connectivity index (χ1v) is 10.3. The fraction of sp³-hybridized carbons (Fsp3) is 0.714. The fourth-order valence-corrected chi connectivity index (χ4v) is 2.66. The summed E-state index contributed by atoms with van der Waals surface area (Å²) in [6.45, 7) is 4.52. The van der Waals surface area contributed by atoms with Gasteiger partial charge >= 0.3 is 23.9 Å². The number of rotatable bonds is 17. The summed E-state index contributed by atoms with van der Waals surface area (Å²) in [5.41, 5.74) is -0.569. The lowest BCUT2D eigenvalue weighted by Crippen LogP contribution is -2.17. The van der Waals surface area contributed by atoms with Crippen LogP contribution in [-0.4, -0.2) is 47.3 Å². The van der Waals surface area contributed by atoms with Crippen molar-refractivity contribution in [3.05, 3.63) is 11.1 Å². The summed E-state index contributed by atoms with van der Waals surface area (Å²) >= 11 is 0. The number of carboxylic acid groups (broad SMARTS) is 2. The van der Waals surface area contributed by atoms with Crippen LogP contribution in [0.5, 0.6) is 0 Å². The van der Waals surface area contributed by atoms with Crippen molar-refractivity contribution >= 4 is 23.9 Å². The summed E-state index contributed by atoms with van der Waals surface area (Å²) in [6.07, 6.45) is 5.64. The average molecular weight is 414 g/mol. The number of carboxylic acids is 2. The first-order valence-electron chi connectivity index (χ1n) is 10.3. The summed E-state index contributed by atoms with van der Waals surface area (Å²) in [6, 6.07) is 0. The second-order valence-corrected chi connectivity index (χ2v) is 6.87. The summed E-state index contributed by atoms with van der Waals surface area (Å²) < 4.78 is 10.2. The normalized spacial score (nSPS) is 10.3. The summed E-state index contributed by atoms with van der Waals surface area (Å²) in [5.74, 6) is -4.21. The number of carbonyl (C=O) groups is 4. The molecule has 166 valence electrons. The monoisotopic (exact) mass is 414 g/mol. The van der Waals surface area contributed by atoms with Crippen molar-refractivity contribution < 1.29 is 38.9 Å². The van der Waals surface area contributed by atoms with Gasteiger partial charge in [0.25, 0.3) is 0 Å². The molecule has 0 heterocycles. The van der Waals surface area contributed by atoms with Crippen molar-refractivity contribution in [1.82, 2.24) is 0 Å². The number of ether oxygens (including phenoxy) is 2. The molecule has 0 aromatic rings. The first kappa shape index (κ1) is 26.6. The molecule has 0 spiro atoms. The van der Waals surface area contributed by atoms with Crippen molar-refractivity contribution in [2.45, 2.75) is 84.5 Å². The van der Waals surface area contributed by atoms with Crippen LogP contribution in [0.2, 0.25) is 0 Å². The Bertz CT molecular complexity index is 535. The Morgan fingerprint density at radius 2 is 1.10 bits per heavy atom. The zero-order valence-electron chi connectivity index (χ0n) is 17.5. The molecule has 0 radical (unpaired) electrons. The molecule has 0 saturated carbocycles. The zero-order chi connectivity index (χ0) is 22.1. The van der Waals surface area contributed by atoms with E-state index in [9.17, 15) is 24.3 Å². The van der Waals surface area contributed by atoms with Crippen LogP contribution in [0.4, 0.5) is 0 Å². The second kappa shape index (κ2) is 16.6. The summed E-state index contributed by atoms with van der Waals surface area (Å²) in [7, 11) is 0. The minimum atomic E-state index is -1.48. The Morgan fingerprint density at radius 3 is 1.45 bits per heavy atom. The van der Waals surface area contributed by atoms with Crippen molar-refractivity contribution in [2.24, 2.45) is 0 Å². The van der Waals surface area contributed by atoms with Crippen molar-refractivity contribution in [3.8, 4) is 0 Å². The van der Waals surface area contributed by atoms with Gasteiger partial charge in [-0.3, -0.25) is 14.4 Å². The Labute approximate surface area is 172 Å². The van der Waals surface area contributed by atoms with E-state index >= 15 is 0 Å². The third-order valence-electron chi connectivity index (χ3n) is 4.25. The number of aliphatic carboxylic acids is 2. The molecule has 0 bridgehead atoms. The largest absolute Gasteiger partial charge is 0.481 e. The number of carbonyl (C=O) groups excluding carboxylic acids is 2. The van der Waals surface area contributed by atoms with E-state index in [2.05, 4.69) is 13.8 Å². The van der Waals surface area contributed by atoms with Gasteiger partial charge < -0.3 is 19.7 Å². The predicted octanol–water partition coefficient (Wildman–Crippen LogP) is 3.87. The SMILES string of the molecule is CCCCCCOC(=O)CC(CC(=O)OCCCCCC)=C(CC(=O)O)C(=O)O. The molecule has 8 nitrogen and oxygen atoms in total. The van der Waals surface area contributed by atoms with E-state index in [1.165, 1.54) is 0 Å². The molecule has 8 heteroatoms. The minimum Gasteiger partial charge on any atom is -0.481 e. The topological polar surface area (TPSA) is 127 Å². The van der Waals surface area contributed by atoms with E-state index in [4.69, 9.17) is 14.6 Å². The van der Waals surface area contributed by atoms with E-state index < -0.39 is 48.7 Å². The highest BCUT2D eigenvalue weighted by molar-refractivity contribution is 5.95. The molecular weight excluding hydrogens is 380 g/mol. The number of hydrogen-bond donors (Lipinski definition) is 2. The molecular formula is C21H34O8. The number of esters is 2. The molecule has 29 heavy (non-hydrogen) atoms. The van der Waals surface area contributed by atoms with Crippen molar-refractivity contribution in [3.63, 3.8) is 0 Å². The summed E-state index contributed by atoms with van der Waals surface area (Å²) in [5, 5.41) is 18.3. The van der Waals surface area contributed by atoms with Gasteiger partial charge in [-0.25, -0.2) is 4.79 Å². The quantitative estimate of drug-likeness (QED) is 0.209. The van der Waals surface area contributed by atoms with E-state index in [0.29, 0.717) is 12.8 Å². The Kier molecular flexibility index (Phi) is 15.2. The van der Waals surface area contributed by atoms with Crippen LogP contribution in [0.1, 0.15) is 84.5 Å². The predicted molar refractivity (Wildman–Crippen MR) is 106 cm³/mol. The van der Waals surface area contributed by atoms with Gasteiger partial charge in [-0.15, -0.1) is 0 Å². The molecule has 0 saturated heterocycles. The highest BCUT2D eigenvalue weighted by Crippen LogP contribution is 2.19. The maximum Gasteiger partial charge on any atom is 0.332 e. The van der Waals surface area contributed by atoms with Crippen LogP contribution in [0.25, 0.3) is 0 Å². The van der Waals surface area contributed by atoms with E-state index in [0.717, 1.165) is 38.5 Å². The lowest BCUT2D eigenvalue weighted by Gasteiger charge is -2.12. The minimum absolute atomic E-state index is 0.0861. The molecule has 0 aliphatic rings. The highest BCUT2D eigenvalue weighted by Gasteiger charge is 2.23. The molecule has 0 unspecified atom stereocenters. The van der Waals surface area contributed by atoms with Crippen molar-refractivity contribution in [1.29, 1.82) is 0 Å². The zero-order valence-corrected chi connectivity index (χ0v) is 17.5. The molecule has 0 aromatic heterocycles. The number of unbranched alkanes of at least 4 members (excludes halogenated alkanes) is 6. The lowest BCUT2D eigenvalue weighted by molar-refractivity contribution is -0.144. The molecule has 2 N–H and O–H groups in total. The maximum atomic E-state index is 12.1. The lowest BCUT2D eigenvalue weighted by atomic mass is 9.99. The van der Waals surface area contributed by atoms with Crippen LogP contribution >= 0.6 is 0 Å². The molecule has 0 fully saturated rings. The van der Waals surface area contributed by atoms with Crippen LogP contribution in [0, 0.1) is 0 Å². The molecule has 0 atom stereocenters. The molecule has 0 aliphatic carbocycles. The van der Waals surface area contributed by atoms with Gasteiger partial charge in [-0.05, 0) is 18.4 Å². The van der Waals surface area contributed by atoms with Crippen molar-refractivity contribution in [2.75, 3.05) is 13.2 Å². The second-order valence-electron chi connectivity index (χ2n) is 6.87. The fourth-order valence-electron chi connectivity index (χ4n) is 2.66. The van der Waals surface area contributed by atoms with Crippen LogP contribution in [-0.2, 0) is 28.7 Å².